The minimum Gasteiger partial charge on any atom is -0.306 e. The molecule has 0 amide bonds. The average molecular weight is 326 g/mol. The molecule has 3 aromatic rings. The highest BCUT2D eigenvalue weighted by Gasteiger charge is 2.33. The molecule has 0 aliphatic carbocycles. The Morgan fingerprint density at radius 2 is 1.86 bits per heavy atom. The molecule has 2 aromatic heterocycles. The van der Waals surface area contributed by atoms with E-state index in [1.807, 2.05) is 0 Å². The maximum absolute atomic E-state index is 13.0. The summed E-state index contributed by atoms with van der Waals surface area (Å²) in [7, 11) is 0. The van der Waals surface area contributed by atoms with Crippen LogP contribution < -0.4 is 11.2 Å². The molecule has 0 unspecified atom stereocenters. The third kappa shape index (κ3) is 2.45. The third-order valence-electron chi connectivity index (χ3n) is 3.24. The fraction of sp³-hybridized carbons (Fsp3) is 0.143. The zero-order chi connectivity index (χ0) is 15.9. The van der Waals surface area contributed by atoms with E-state index in [9.17, 15) is 22.8 Å². The molecule has 1 N–H and O–H groups in total. The van der Waals surface area contributed by atoms with Crippen LogP contribution in [0.4, 0.5) is 13.2 Å². The van der Waals surface area contributed by atoms with Crippen molar-refractivity contribution in [3.05, 3.63) is 67.7 Å². The number of nitrogens with zero attached hydrogens (tertiary/aromatic N) is 1. The number of halogens is 3. The number of fused-ring (bicyclic) bond motifs is 1. The van der Waals surface area contributed by atoms with E-state index in [-0.39, 0.29) is 5.56 Å². The normalized spacial score (nSPS) is 12.0. The predicted molar refractivity (Wildman–Crippen MR) is 77.3 cm³/mol. The summed E-state index contributed by atoms with van der Waals surface area (Å²) in [5.41, 5.74) is -1.91. The quantitative estimate of drug-likeness (QED) is 0.787. The van der Waals surface area contributed by atoms with Crippen LogP contribution in [0.1, 0.15) is 11.1 Å². The lowest BCUT2D eigenvalue weighted by Crippen LogP contribution is -2.35. The Labute approximate surface area is 125 Å². The maximum Gasteiger partial charge on any atom is 0.416 e. The highest BCUT2D eigenvalue weighted by atomic mass is 32.1. The summed E-state index contributed by atoms with van der Waals surface area (Å²) >= 11 is 1.13. The number of aromatic nitrogens is 2. The number of alkyl halides is 3. The fourth-order valence-corrected chi connectivity index (χ4v) is 3.02. The van der Waals surface area contributed by atoms with Gasteiger partial charge in [-0.25, -0.2) is 4.79 Å². The van der Waals surface area contributed by atoms with Gasteiger partial charge in [0.1, 0.15) is 4.70 Å². The lowest BCUT2D eigenvalue weighted by Gasteiger charge is -2.13. The van der Waals surface area contributed by atoms with Gasteiger partial charge in [-0.2, -0.15) is 13.2 Å². The summed E-state index contributed by atoms with van der Waals surface area (Å²) in [6.07, 6.45) is -4.54. The second-order valence-electron chi connectivity index (χ2n) is 4.64. The first kappa shape index (κ1) is 14.6. The number of rotatable bonds is 2. The Balaban J connectivity index is 2.16. The molecule has 8 heteroatoms. The summed E-state index contributed by atoms with van der Waals surface area (Å²) in [5.74, 6) is 0. The van der Waals surface area contributed by atoms with Gasteiger partial charge in [0.25, 0.3) is 5.56 Å². The SMILES string of the molecule is O=c1[nH]c2ccsc2c(=O)n1Cc1ccccc1C(F)(F)F. The molecular weight excluding hydrogens is 317 g/mol. The monoisotopic (exact) mass is 326 g/mol. The van der Waals surface area contributed by atoms with Crippen molar-refractivity contribution in [1.29, 1.82) is 0 Å². The number of hydrogen-bond donors (Lipinski definition) is 1. The first-order valence-electron chi connectivity index (χ1n) is 6.23. The minimum absolute atomic E-state index is 0.126. The second-order valence-corrected chi connectivity index (χ2v) is 5.56. The molecule has 0 fully saturated rings. The topological polar surface area (TPSA) is 54.9 Å². The van der Waals surface area contributed by atoms with Crippen LogP contribution in [0, 0.1) is 0 Å². The third-order valence-corrected chi connectivity index (χ3v) is 4.14. The van der Waals surface area contributed by atoms with Crippen molar-refractivity contribution in [3.8, 4) is 0 Å². The molecule has 0 atom stereocenters. The number of thiophene rings is 1. The first-order chi connectivity index (χ1) is 10.4. The molecule has 0 aliphatic heterocycles. The van der Waals surface area contributed by atoms with E-state index in [1.54, 1.807) is 11.4 Å². The summed E-state index contributed by atoms with van der Waals surface area (Å²) in [4.78, 5) is 26.7. The van der Waals surface area contributed by atoms with Crippen molar-refractivity contribution in [2.24, 2.45) is 0 Å². The van der Waals surface area contributed by atoms with Gasteiger partial charge < -0.3 is 4.98 Å². The highest BCUT2D eigenvalue weighted by molar-refractivity contribution is 7.17. The summed E-state index contributed by atoms with van der Waals surface area (Å²) in [5, 5.41) is 1.63. The smallest absolute Gasteiger partial charge is 0.306 e. The molecule has 0 bridgehead atoms. The van der Waals surface area contributed by atoms with Crippen LogP contribution in [0.15, 0.2) is 45.3 Å². The number of nitrogens with one attached hydrogen (secondary N) is 1. The number of H-pyrrole nitrogens is 1. The van der Waals surface area contributed by atoms with Crippen LogP contribution >= 0.6 is 11.3 Å². The number of benzene rings is 1. The van der Waals surface area contributed by atoms with Crippen molar-refractivity contribution in [1.82, 2.24) is 9.55 Å². The zero-order valence-electron chi connectivity index (χ0n) is 11.0. The molecular formula is C14H9F3N2O2S. The molecule has 0 spiro atoms. The van der Waals surface area contributed by atoms with Crippen LogP contribution in [0.2, 0.25) is 0 Å². The van der Waals surface area contributed by atoms with Crippen molar-refractivity contribution in [2.75, 3.05) is 0 Å². The molecule has 2 heterocycles. The van der Waals surface area contributed by atoms with Crippen LogP contribution in [-0.2, 0) is 12.7 Å². The second kappa shape index (κ2) is 5.13. The Kier molecular flexibility index (Phi) is 3.40. The number of hydrogen-bond acceptors (Lipinski definition) is 3. The van der Waals surface area contributed by atoms with Gasteiger partial charge in [-0.3, -0.25) is 9.36 Å². The van der Waals surface area contributed by atoms with E-state index in [1.165, 1.54) is 18.2 Å². The maximum atomic E-state index is 13.0. The average Bonchev–Trinajstić information content (AvgIpc) is 2.91. The Hall–Kier alpha value is -2.35. The summed E-state index contributed by atoms with van der Waals surface area (Å²) in [6.45, 7) is -0.433. The van der Waals surface area contributed by atoms with Crippen LogP contribution in [0.5, 0.6) is 0 Å². The molecule has 4 nitrogen and oxygen atoms in total. The van der Waals surface area contributed by atoms with Gasteiger partial charge in [0.15, 0.2) is 0 Å². The Morgan fingerprint density at radius 1 is 1.14 bits per heavy atom. The molecule has 114 valence electrons. The molecule has 1 aromatic carbocycles. The Morgan fingerprint density at radius 3 is 2.59 bits per heavy atom. The van der Waals surface area contributed by atoms with Gasteiger partial charge in [-0.05, 0) is 23.1 Å². The largest absolute Gasteiger partial charge is 0.416 e. The summed E-state index contributed by atoms with van der Waals surface area (Å²) in [6, 6.07) is 6.47. The van der Waals surface area contributed by atoms with Crippen molar-refractivity contribution in [3.63, 3.8) is 0 Å². The summed E-state index contributed by atoms with van der Waals surface area (Å²) < 4.78 is 40.0. The van der Waals surface area contributed by atoms with Gasteiger partial charge >= 0.3 is 11.9 Å². The lowest BCUT2D eigenvalue weighted by molar-refractivity contribution is -0.138. The fourth-order valence-electron chi connectivity index (χ4n) is 2.22. The van der Waals surface area contributed by atoms with Crippen LogP contribution in [-0.4, -0.2) is 9.55 Å². The zero-order valence-corrected chi connectivity index (χ0v) is 11.8. The lowest BCUT2D eigenvalue weighted by atomic mass is 10.1. The Bertz CT molecular complexity index is 953. The highest BCUT2D eigenvalue weighted by Crippen LogP contribution is 2.31. The van der Waals surface area contributed by atoms with E-state index in [0.29, 0.717) is 10.2 Å². The molecule has 3 rings (SSSR count). The minimum atomic E-state index is -4.54. The van der Waals surface area contributed by atoms with Crippen molar-refractivity contribution >= 4 is 21.6 Å². The van der Waals surface area contributed by atoms with E-state index in [0.717, 1.165) is 22.0 Å². The standard InChI is InChI=1S/C14H9F3N2O2S/c15-14(16,17)9-4-2-1-3-8(9)7-19-12(20)11-10(5-6-22-11)18-13(19)21/h1-6H,7H2,(H,18,21). The van der Waals surface area contributed by atoms with Gasteiger partial charge in [-0.15, -0.1) is 11.3 Å². The number of aromatic amines is 1. The van der Waals surface area contributed by atoms with Crippen LogP contribution in [0.25, 0.3) is 10.2 Å². The van der Waals surface area contributed by atoms with E-state index < -0.39 is 29.5 Å². The van der Waals surface area contributed by atoms with Crippen molar-refractivity contribution in [2.45, 2.75) is 12.7 Å². The van der Waals surface area contributed by atoms with E-state index in [2.05, 4.69) is 4.98 Å². The molecule has 0 aliphatic rings. The molecule has 0 radical (unpaired) electrons. The van der Waals surface area contributed by atoms with Gasteiger partial charge in [-0.1, -0.05) is 18.2 Å². The first-order valence-corrected chi connectivity index (χ1v) is 7.11. The van der Waals surface area contributed by atoms with Crippen LogP contribution in [0.3, 0.4) is 0 Å². The van der Waals surface area contributed by atoms with Crippen molar-refractivity contribution < 1.29 is 13.2 Å². The van der Waals surface area contributed by atoms with Gasteiger partial charge in [0, 0.05) is 0 Å². The van der Waals surface area contributed by atoms with Gasteiger partial charge in [0.05, 0.1) is 17.6 Å². The predicted octanol–water partition coefficient (Wildman–Crippen LogP) is 2.82. The van der Waals surface area contributed by atoms with E-state index in [4.69, 9.17) is 0 Å². The molecule has 22 heavy (non-hydrogen) atoms. The van der Waals surface area contributed by atoms with Gasteiger partial charge in [0.2, 0.25) is 0 Å². The molecule has 0 saturated heterocycles. The van der Waals surface area contributed by atoms with E-state index >= 15 is 0 Å². The molecule has 0 saturated carbocycles.